The molecule has 9 heteroatoms. The average molecular weight is 462 g/mol. The molecule has 1 N–H and O–H groups in total. The maximum Gasteiger partial charge on any atom is 0.327 e. The zero-order valence-corrected chi connectivity index (χ0v) is 17.0. The van der Waals surface area contributed by atoms with E-state index in [9.17, 15) is 9.18 Å². The number of halogens is 2. The SMILES string of the molecule is CCOc1cnc(C(=O)N/N=C/c2cc(Br)ccc2OCc2ccc(F)cc2)o1. The number of ether oxygens (including phenoxy) is 2. The zero-order chi connectivity index (χ0) is 20.6. The number of hydrazone groups is 1. The van der Waals surface area contributed by atoms with Crippen molar-refractivity contribution >= 4 is 28.1 Å². The number of nitrogens with zero attached hydrogens (tertiary/aromatic N) is 2. The molecule has 3 aromatic rings. The Morgan fingerprint density at radius 2 is 2.07 bits per heavy atom. The standard InChI is InChI=1S/C20H17BrFN3O4/c1-2-27-18-11-23-20(29-18)19(26)25-24-10-14-9-15(21)5-8-17(14)28-12-13-3-6-16(22)7-4-13/h3-11H,2,12H2,1H3,(H,25,26)/b24-10+. The van der Waals surface area contributed by atoms with E-state index in [1.165, 1.54) is 24.5 Å². The normalized spacial score (nSPS) is 10.9. The van der Waals surface area contributed by atoms with E-state index < -0.39 is 5.91 Å². The van der Waals surface area contributed by atoms with E-state index in [0.29, 0.717) is 17.9 Å². The van der Waals surface area contributed by atoms with Crippen LogP contribution in [-0.2, 0) is 6.61 Å². The molecule has 0 aliphatic heterocycles. The molecule has 1 heterocycles. The van der Waals surface area contributed by atoms with Gasteiger partial charge in [-0.2, -0.15) is 5.10 Å². The van der Waals surface area contributed by atoms with E-state index in [1.54, 1.807) is 31.2 Å². The molecule has 0 aliphatic rings. The summed E-state index contributed by atoms with van der Waals surface area (Å²) in [5.41, 5.74) is 3.78. The monoisotopic (exact) mass is 461 g/mol. The summed E-state index contributed by atoms with van der Waals surface area (Å²) in [6, 6.07) is 11.4. The molecule has 0 saturated heterocycles. The number of rotatable bonds is 8. The Bertz CT molecular complexity index is 1010. The van der Waals surface area contributed by atoms with E-state index in [2.05, 4.69) is 31.4 Å². The van der Waals surface area contributed by atoms with Gasteiger partial charge in [0.05, 0.1) is 12.8 Å². The van der Waals surface area contributed by atoms with Crippen LogP contribution in [0.15, 0.2) is 62.7 Å². The highest BCUT2D eigenvalue weighted by molar-refractivity contribution is 9.10. The van der Waals surface area contributed by atoms with Gasteiger partial charge >= 0.3 is 11.9 Å². The van der Waals surface area contributed by atoms with Gasteiger partial charge in [0.2, 0.25) is 0 Å². The van der Waals surface area contributed by atoms with Gasteiger partial charge in [-0.25, -0.2) is 14.8 Å². The molecule has 0 saturated carbocycles. The molecule has 0 atom stereocenters. The molecule has 0 radical (unpaired) electrons. The third-order valence-electron chi connectivity index (χ3n) is 3.61. The maximum atomic E-state index is 13.0. The lowest BCUT2D eigenvalue weighted by molar-refractivity contribution is 0.0912. The van der Waals surface area contributed by atoms with Crippen molar-refractivity contribution in [3.8, 4) is 11.7 Å². The minimum atomic E-state index is -0.615. The number of aromatic nitrogens is 1. The van der Waals surface area contributed by atoms with Gasteiger partial charge in [0.15, 0.2) is 0 Å². The van der Waals surface area contributed by atoms with Crippen LogP contribution in [-0.4, -0.2) is 23.7 Å². The van der Waals surface area contributed by atoms with E-state index in [-0.39, 0.29) is 24.3 Å². The minimum Gasteiger partial charge on any atom is -0.488 e. The summed E-state index contributed by atoms with van der Waals surface area (Å²) in [5.74, 6) is -0.376. The lowest BCUT2D eigenvalue weighted by atomic mass is 10.2. The number of hydrogen-bond donors (Lipinski definition) is 1. The summed E-state index contributed by atoms with van der Waals surface area (Å²) < 4.78 is 29.9. The van der Waals surface area contributed by atoms with Crippen molar-refractivity contribution in [2.75, 3.05) is 6.61 Å². The van der Waals surface area contributed by atoms with Gasteiger partial charge < -0.3 is 13.9 Å². The van der Waals surface area contributed by atoms with E-state index >= 15 is 0 Å². The van der Waals surface area contributed by atoms with Crippen LogP contribution in [0.4, 0.5) is 4.39 Å². The van der Waals surface area contributed by atoms with Crippen LogP contribution in [0.2, 0.25) is 0 Å². The maximum absolute atomic E-state index is 13.0. The number of oxazole rings is 1. The molecule has 1 aromatic heterocycles. The summed E-state index contributed by atoms with van der Waals surface area (Å²) in [6.45, 7) is 2.45. The largest absolute Gasteiger partial charge is 0.488 e. The predicted octanol–water partition coefficient (Wildman–Crippen LogP) is 4.32. The van der Waals surface area contributed by atoms with Gasteiger partial charge in [-0.15, -0.1) is 0 Å². The molecule has 0 unspecified atom stereocenters. The molecule has 0 aliphatic carbocycles. The lowest BCUT2D eigenvalue weighted by Gasteiger charge is -2.09. The Morgan fingerprint density at radius 3 is 2.83 bits per heavy atom. The molecule has 29 heavy (non-hydrogen) atoms. The summed E-state index contributed by atoms with van der Waals surface area (Å²) in [4.78, 5) is 15.9. The highest BCUT2D eigenvalue weighted by Gasteiger charge is 2.13. The number of carbonyl (C=O) groups is 1. The van der Waals surface area contributed by atoms with Crippen molar-refractivity contribution in [2.45, 2.75) is 13.5 Å². The molecular formula is C20H17BrFN3O4. The summed E-state index contributed by atoms with van der Waals surface area (Å²) >= 11 is 3.39. The first-order valence-corrected chi connectivity index (χ1v) is 9.43. The molecule has 150 valence electrons. The number of carbonyl (C=O) groups excluding carboxylic acids is 1. The van der Waals surface area contributed by atoms with Gasteiger partial charge in [-0.05, 0) is 42.8 Å². The highest BCUT2D eigenvalue weighted by atomic mass is 79.9. The van der Waals surface area contributed by atoms with Crippen molar-refractivity contribution < 1.29 is 23.1 Å². The van der Waals surface area contributed by atoms with Crippen molar-refractivity contribution in [3.05, 3.63) is 76.0 Å². The smallest absolute Gasteiger partial charge is 0.327 e. The second kappa shape index (κ2) is 9.83. The number of amides is 1. The fourth-order valence-corrected chi connectivity index (χ4v) is 2.65. The van der Waals surface area contributed by atoms with E-state index in [4.69, 9.17) is 13.9 Å². The fraction of sp³-hybridized carbons (Fsp3) is 0.150. The minimum absolute atomic E-state index is 0.157. The zero-order valence-electron chi connectivity index (χ0n) is 15.4. The summed E-state index contributed by atoms with van der Waals surface area (Å²) in [5, 5.41) is 3.93. The molecule has 0 fully saturated rings. The first-order valence-electron chi connectivity index (χ1n) is 8.64. The molecule has 0 spiro atoms. The summed E-state index contributed by atoms with van der Waals surface area (Å²) in [6.07, 6.45) is 2.76. The van der Waals surface area contributed by atoms with Crippen LogP contribution < -0.4 is 14.9 Å². The Morgan fingerprint density at radius 1 is 1.28 bits per heavy atom. The van der Waals surface area contributed by atoms with Crippen LogP contribution >= 0.6 is 15.9 Å². The first-order chi connectivity index (χ1) is 14.0. The third-order valence-corrected chi connectivity index (χ3v) is 4.11. The predicted molar refractivity (Wildman–Crippen MR) is 108 cm³/mol. The first kappa shape index (κ1) is 20.5. The molecule has 1 amide bonds. The Kier molecular flexibility index (Phi) is 6.96. The molecule has 7 nitrogen and oxygen atoms in total. The number of benzene rings is 2. The average Bonchev–Trinajstić information content (AvgIpc) is 3.18. The quantitative estimate of drug-likeness (QED) is 0.398. The summed E-state index contributed by atoms with van der Waals surface area (Å²) in [7, 11) is 0. The fourth-order valence-electron chi connectivity index (χ4n) is 2.27. The van der Waals surface area contributed by atoms with Gasteiger partial charge in [0.1, 0.15) is 24.4 Å². The molecular weight excluding hydrogens is 445 g/mol. The highest BCUT2D eigenvalue weighted by Crippen LogP contribution is 2.23. The van der Waals surface area contributed by atoms with Gasteiger partial charge in [-0.1, -0.05) is 28.1 Å². The Hall–Kier alpha value is -3.20. The molecule has 0 bridgehead atoms. The van der Waals surface area contributed by atoms with Crippen molar-refractivity contribution in [1.29, 1.82) is 0 Å². The van der Waals surface area contributed by atoms with Crippen LogP contribution in [0.25, 0.3) is 0 Å². The Labute approximate surface area is 174 Å². The molecule has 3 rings (SSSR count). The third kappa shape index (κ3) is 5.89. The van der Waals surface area contributed by atoms with Crippen molar-refractivity contribution in [2.24, 2.45) is 5.10 Å². The molecule has 2 aromatic carbocycles. The number of nitrogens with one attached hydrogen (secondary N) is 1. The number of hydrogen-bond acceptors (Lipinski definition) is 6. The van der Waals surface area contributed by atoms with Crippen molar-refractivity contribution in [1.82, 2.24) is 10.4 Å². The van der Waals surface area contributed by atoms with E-state index in [1.807, 2.05) is 6.07 Å². The topological polar surface area (TPSA) is 86.0 Å². The lowest BCUT2D eigenvalue weighted by Crippen LogP contribution is -2.17. The van der Waals surface area contributed by atoms with Gasteiger partial charge in [-0.3, -0.25) is 4.79 Å². The second-order valence-corrected chi connectivity index (χ2v) is 6.63. The van der Waals surface area contributed by atoms with Gasteiger partial charge in [0, 0.05) is 10.0 Å². The second-order valence-electron chi connectivity index (χ2n) is 5.71. The van der Waals surface area contributed by atoms with Gasteiger partial charge in [0.25, 0.3) is 5.89 Å². The van der Waals surface area contributed by atoms with Crippen LogP contribution in [0.5, 0.6) is 11.7 Å². The van der Waals surface area contributed by atoms with Crippen molar-refractivity contribution in [3.63, 3.8) is 0 Å². The van der Waals surface area contributed by atoms with E-state index in [0.717, 1.165) is 10.0 Å². The van der Waals surface area contributed by atoms with Crippen LogP contribution in [0.3, 0.4) is 0 Å². The van der Waals surface area contributed by atoms with Crippen LogP contribution in [0, 0.1) is 5.82 Å². The Balaban J connectivity index is 1.65. The van der Waals surface area contributed by atoms with Crippen LogP contribution in [0.1, 0.15) is 28.7 Å².